The summed E-state index contributed by atoms with van der Waals surface area (Å²) in [7, 11) is 0. The second kappa shape index (κ2) is 39.3. The van der Waals surface area contributed by atoms with Crippen LogP contribution in [0.15, 0.2) is 10.3 Å². The van der Waals surface area contributed by atoms with Crippen LogP contribution in [0.2, 0.25) is 0 Å². The Morgan fingerprint density at radius 3 is 1.00 bits per heavy atom. The minimum absolute atomic E-state index is 0.527. The maximum absolute atomic E-state index is 5.57. The molecule has 0 bridgehead atoms. The lowest BCUT2D eigenvalue weighted by Crippen LogP contribution is -2.28. The fourth-order valence-corrected chi connectivity index (χ4v) is 9.18. The number of aromatic amines is 2. The number of thioether (sulfide) groups is 2. The molecule has 0 radical (unpaired) electrons. The molecule has 0 amide bonds. The van der Waals surface area contributed by atoms with Gasteiger partial charge in [-0.1, -0.05) is 192 Å². The molecule has 2 rings (SSSR count). The molecule has 0 fully saturated rings. The monoisotopic (exact) mass is 909 g/mol. The van der Waals surface area contributed by atoms with Gasteiger partial charge in [-0.25, -0.2) is 0 Å². The van der Waals surface area contributed by atoms with Gasteiger partial charge < -0.3 is 30.4 Å². The van der Waals surface area contributed by atoms with Crippen molar-refractivity contribution in [3.63, 3.8) is 0 Å². The number of nitrogens with zero attached hydrogens (tertiary/aromatic N) is 6. The molecule has 60 heavy (non-hydrogen) atoms. The number of hydrogen-bond acceptors (Lipinski definition) is 12. The van der Waals surface area contributed by atoms with Crippen molar-refractivity contribution in [1.29, 1.82) is 0 Å². The SMILES string of the molecule is CCCCCCCCN(CCCCCCCC)c1nc(SCNCCCCCCNCSc2nc(N(CCCCCCCC)CCCCCCCC)[nH]c(=S)n2)nc(=S)[nH]1. The first-order chi connectivity index (χ1) is 29.5. The summed E-state index contributed by atoms with van der Waals surface area (Å²) in [5, 5.41) is 8.70. The minimum atomic E-state index is 0.527. The van der Waals surface area contributed by atoms with E-state index in [1.807, 2.05) is 0 Å². The molecule has 0 aliphatic rings. The van der Waals surface area contributed by atoms with Crippen LogP contribution in [0.25, 0.3) is 0 Å². The van der Waals surface area contributed by atoms with E-state index < -0.39 is 0 Å². The molecule has 2 aromatic heterocycles. The van der Waals surface area contributed by atoms with E-state index in [-0.39, 0.29) is 0 Å². The predicted octanol–water partition coefficient (Wildman–Crippen LogP) is 14.0. The van der Waals surface area contributed by atoms with Gasteiger partial charge in [0.1, 0.15) is 0 Å². The molecular weight excluding hydrogens is 821 g/mol. The second-order valence-electron chi connectivity index (χ2n) is 16.6. The van der Waals surface area contributed by atoms with Crippen LogP contribution >= 0.6 is 48.0 Å². The van der Waals surface area contributed by atoms with Crippen molar-refractivity contribution >= 4 is 59.9 Å². The van der Waals surface area contributed by atoms with Crippen LogP contribution in [0.5, 0.6) is 0 Å². The Morgan fingerprint density at radius 1 is 0.400 bits per heavy atom. The molecule has 0 aliphatic carbocycles. The van der Waals surface area contributed by atoms with Gasteiger partial charge in [-0.15, -0.1) is 0 Å². The smallest absolute Gasteiger partial charge is 0.207 e. The zero-order valence-corrected chi connectivity index (χ0v) is 42.0. The van der Waals surface area contributed by atoms with Crippen molar-refractivity contribution in [1.82, 2.24) is 40.5 Å². The number of unbranched alkanes of at least 4 members (excludes halogenated alkanes) is 23. The van der Waals surface area contributed by atoms with Crippen molar-refractivity contribution in [2.75, 3.05) is 60.8 Å². The number of rotatable bonds is 43. The van der Waals surface area contributed by atoms with E-state index in [0.717, 1.165) is 86.1 Å². The average molecular weight is 910 g/mol. The van der Waals surface area contributed by atoms with Gasteiger partial charge in [0.15, 0.2) is 10.3 Å². The minimum Gasteiger partial charge on any atom is -0.342 e. The van der Waals surface area contributed by atoms with Crippen molar-refractivity contribution in [2.24, 2.45) is 0 Å². The van der Waals surface area contributed by atoms with E-state index >= 15 is 0 Å². The first-order valence-corrected chi connectivity index (χ1v) is 27.4. The Hall–Kier alpha value is -1.32. The molecule has 4 N–H and O–H groups in total. The summed E-state index contributed by atoms with van der Waals surface area (Å²) < 4.78 is 1.05. The van der Waals surface area contributed by atoms with Crippen LogP contribution in [-0.4, -0.2) is 80.9 Å². The largest absolute Gasteiger partial charge is 0.342 e. The first-order valence-electron chi connectivity index (χ1n) is 24.6. The van der Waals surface area contributed by atoms with Crippen molar-refractivity contribution < 1.29 is 0 Å². The van der Waals surface area contributed by atoms with Crippen LogP contribution in [0.3, 0.4) is 0 Å². The van der Waals surface area contributed by atoms with Crippen LogP contribution in [-0.2, 0) is 0 Å². The molecule has 0 aliphatic heterocycles. The molecule has 0 aromatic carbocycles. The third kappa shape index (κ3) is 29.1. The van der Waals surface area contributed by atoms with E-state index in [4.69, 9.17) is 34.4 Å². The Kier molecular flexibility index (Phi) is 35.9. The zero-order valence-electron chi connectivity index (χ0n) is 38.8. The molecule has 0 saturated carbocycles. The summed E-state index contributed by atoms with van der Waals surface area (Å²) in [6, 6.07) is 0. The van der Waals surface area contributed by atoms with Gasteiger partial charge in [0, 0.05) is 37.9 Å². The van der Waals surface area contributed by atoms with Crippen molar-refractivity contribution in [3.8, 4) is 0 Å². The zero-order chi connectivity index (χ0) is 43.1. The number of nitrogens with one attached hydrogen (secondary N) is 4. The molecule has 2 heterocycles. The highest BCUT2D eigenvalue weighted by Gasteiger charge is 2.13. The molecule has 2 aromatic rings. The van der Waals surface area contributed by atoms with Crippen molar-refractivity contribution in [2.45, 2.75) is 218 Å². The topological polar surface area (TPSA) is 114 Å². The molecule has 0 unspecified atom stereocenters. The first kappa shape index (κ1) is 54.8. The number of anilines is 2. The third-order valence-corrected chi connectivity index (χ3v) is 13.0. The van der Waals surface area contributed by atoms with Crippen LogP contribution in [0, 0.1) is 9.54 Å². The molecule has 10 nitrogen and oxygen atoms in total. The average Bonchev–Trinajstić information content (AvgIpc) is 3.24. The second-order valence-corrected chi connectivity index (χ2v) is 19.2. The number of hydrogen-bond donors (Lipinski definition) is 4. The van der Waals surface area contributed by atoms with Crippen LogP contribution in [0.4, 0.5) is 11.9 Å². The molecule has 0 atom stereocenters. The van der Waals surface area contributed by atoms with E-state index in [9.17, 15) is 0 Å². The fourth-order valence-electron chi connectivity index (χ4n) is 7.34. The lowest BCUT2D eigenvalue weighted by Gasteiger charge is -2.23. The Labute approximate surface area is 386 Å². The van der Waals surface area contributed by atoms with Crippen molar-refractivity contribution in [3.05, 3.63) is 9.54 Å². The summed E-state index contributed by atoms with van der Waals surface area (Å²) in [4.78, 5) is 30.5. The van der Waals surface area contributed by atoms with Gasteiger partial charge in [0.2, 0.25) is 21.4 Å². The number of H-pyrrole nitrogens is 2. The highest BCUT2D eigenvalue weighted by atomic mass is 32.2. The van der Waals surface area contributed by atoms with E-state index in [1.165, 1.54) is 167 Å². The third-order valence-electron chi connectivity index (χ3n) is 11.0. The van der Waals surface area contributed by atoms with Gasteiger partial charge >= 0.3 is 0 Å². The Bertz CT molecular complexity index is 1260. The van der Waals surface area contributed by atoms with Gasteiger partial charge in [0.25, 0.3) is 0 Å². The summed E-state index contributed by atoms with van der Waals surface area (Å²) in [6.07, 6.45) is 35.8. The Morgan fingerprint density at radius 2 is 0.683 bits per heavy atom. The summed E-state index contributed by atoms with van der Waals surface area (Å²) in [5.41, 5.74) is 0. The predicted molar refractivity (Wildman–Crippen MR) is 268 cm³/mol. The molecule has 0 saturated heterocycles. The molecule has 346 valence electrons. The highest BCUT2D eigenvalue weighted by molar-refractivity contribution is 7.99. The normalized spacial score (nSPS) is 11.5. The van der Waals surface area contributed by atoms with E-state index in [1.54, 1.807) is 23.5 Å². The van der Waals surface area contributed by atoms with Crippen LogP contribution < -0.4 is 20.4 Å². The quantitative estimate of drug-likeness (QED) is 0.0220. The van der Waals surface area contributed by atoms with Gasteiger partial charge in [0.05, 0.1) is 0 Å². The van der Waals surface area contributed by atoms with E-state index in [2.05, 4.69) is 68.1 Å². The van der Waals surface area contributed by atoms with Crippen LogP contribution in [0.1, 0.15) is 207 Å². The number of aromatic nitrogens is 6. The standard InChI is InChI=1S/C46H88N10S4/c1-5-9-13-17-23-29-35-55(36-30-24-18-14-10-6-2)41-49-43(57)53-45(51-41)59-39-47-33-27-21-22-28-34-48-40-60-46-52-42(50-44(58)54-46)56(37-31-25-19-15-11-7-3)38-32-26-20-16-12-8-4/h47-48H,5-40H2,1-4H3,(H,49,51,53,57)(H,50,52,54,58). The van der Waals surface area contributed by atoms with Gasteiger partial charge in [-0.3, -0.25) is 0 Å². The van der Waals surface area contributed by atoms with E-state index in [0.29, 0.717) is 9.54 Å². The molecular formula is C46H88N10S4. The highest BCUT2D eigenvalue weighted by Crippen LogP contribution is 2.20. The summed E-state index contributed by atoms with van der Waals surface area (Å²) in [6.45, 7) is 15.2. The molecule has 14 heteroatoms. The molecule has 0 spiro atoms. The maximum Gasteiger partial charge on any atom is 0.207 e. The van der Waals surface area contributed by atoms with Gasteiger partial charge in [-0.05, 0) is 76.1 Å². The maximum atomic E-state index is 5.57. The summed E-state index contributed by atoms with van der Waals surface area (Å²) >= 11 is 14.4. The lowest BCUT2D eigenvalue weighted by molar-refractivity contribution is 0.568. The summed E-state index contributed by atoms with van der Waals surface area (Å²) in [5.74, 6) is 3.35. The van der Waals surface area contributed by atoms with Gasteiger partial charge in [-0.2, -0.15) is 19.9 Å². The lowest BCUT2D eigenvalue weighted by atomic mass is 10.1. The fraction of sp³-hybridized carbons (Fsp3) is 0.870. The Balaban J connectivity index is 1.69.